The van der Waals surface area contributed by atoms with E-state index in [1.807, 2.05) is 0 Å². The highest BCUT2D eigenvalue weighted by Crippen LogP contribution is 2.03. The fourth-order valence-corrected chi connectivity index (χ4v) is 2.25. The van der Waals surface area contributed by atoms with Gasteiger partial charge in [-0.3, -0.25) is 9.71 Å². The van der Waals surface area contributed by atoms with Crippen LogP contribution in [0.15, 0.2) is 30.9 Å². The van der Waals surface area contributed by atoms with Gasteiger partial charge in [-0.05, 0) is 24.1 Å². The van der Waals surface area contributed by atoms with Crippen LogP contribution < -0.4 is 4.72 Å². The summed E-state index contributed by atoms with van der Waals surface area (Å²) in [5.41, 5.74) is 0.919. The number of pyridine rings is 1. The number of aromatic amines is 1. The lowest BCUT2D eigenvalue weighted by molar-refractivity contribution is 0.600. The van der Waals surface area contributed by atoms with Gasteiger partial charge >= 0.3 is 0 Å². The third-order valence-corrected chi connectivity index (χ3v) is 3.32. The van der Waals surface area contributed by atoms with Crippen molar-refractivity contribution in [3.63, 3.8) is 0 Å². The Labute approximate surface area is 98.4 Å². The fraction of sp³-hybridized carbons (Fsp3) is 0.222. The van der Waals surface area contributed by atoms with Crippen LogP contribution in [0.4, 0.5) is 5.95 Å². The lowest BCUT2D eigenvalue weighted by Crippen LogP contribution is -2.19. The molecule has 0 fully saturated rings. The Kier molecular flexibility index (Phi) is 3.33. The van der Waals surface area contributed by atoms with E-state index in [4.69, 9.17) is 0 Å². The average molecular weight is 253 g/mol. The van der Waals surface area contributed by atoms with Crippen LogP contribution in [0.25, 0.3) is 0 Å². The second-order valence-electron chi connectivity index (χ2n) is 3.36. The second kappa shape index (κ2) is 4.91. The molecule has 0 amide bonds. The summed E-state index contributed by atoms with van der Waals surface area (Å²) in [5.74, 6) is 0.109. The average Bonchev–Trinajstić information content (AvgIpc) is 2.80. The highest BCUT2D eigenvalue weighted by Gasteiger charge is 2.11. The maximum atomic E-state index is 11.7. The minimum absolute atomic E-state index is 0.0162. The predicted octanol–water partition coefficient (Wildman–Crippen LogP) is 0.184. The van der Waals surface area contributed by atoms with Crippen LogP contribution in [-0.4, -0.2) is 34.3 Å². The first kappa shape index (κ1) is 11.5. The first-order valence-corrected chi connectivity index (χ1v) is 6.56. The van der Waals surface area contributed by atoms with Crippen molar-refractivity contribution in [2.24, 2.45) is 0 Å². The number of aromatic nitrogens is 4. The third kappa shape index (κ3) is 3.52. The molecule has 90 valence electrons. The highest BCUT2D eigenvalue weighted by atomic mass is 32.2. The fourth-order valence-electron chi connectivity index (χ4n) is 1.25. The molecule has 2 N–H and O–H groups in total. The normalized spacial score (nSPS) is 11.3. The van der Waals surface area contributed by atoms with Crippen molar-refractivity contribution in [3.05, 3.63) is 36.4 Å². The molecular weight excluding hydrogens is 242 g/mol. The van der Waals surface area contributed by atoms with Gasteiger partial charge in [0.05, 0.1) is 5.75 Å². The van der Waals surface area contributed by atoms with Gasteiger partial charge in [-0.2, -0.15) is 10.1 Å². The molecule has 0 aliphatic carbocycles. The topological polar surface area (TPSA) is 101 Å². The number of rotatable bonds is 5. The van der Waals surface area contributed by atoms with E-state index in [2.05, 4.69) is 24.9 Å². The van der Waals surface area contributed by atoms with Crippen molar-refractivity contribution in [1.82, 2.24) is 20.2 Å². The Morgan fingerprint density at radius 3 is 2.71 bits per heavy atom. The summed E-state index contributed by atoms with van der Waals surface area (Å²) in [4.78, 5) is 7.55. The Balaban J connectivity index is 1.94. The number of anilines is 1. The standard InChI is InChI=1S/C9H11N5O2S/c15-17(16,14-9-11-7-12-13-9)6-3-8-1-4-10-5-2-8/h1-2,4-5,7H,3,6H2,(H2,11,12,13,14). The quantitative estimate of drug-likeness (QED) is 0.791. The van der Waals surface area contributed by atoms with Crippen LogP contribution >= 0.6 is 0 Å². The van der Waals surface area contributed by atoms with E-state index in [1.165, 1.54) is 6.33 Å². The predicted molar refractivity (Wildman–Crippen MR) is 61.7 cm³/mol. The zero-order valence-electron chi connectivity index (χ0n) is 8.87. The monoisotopic (exact) mass is 253 g/mol. The summed E-state index contributed by atoms with van der Waals surface area (Å²) in [5, 5.41) is 5.98. The number of hydrogen-bond acceptors (Lipinski definition) is 5. The molecule has 0 atom stereocenters. The van der Waals surface area contributed by atoms with Crippen LogP contribution in [0.1, 0.15) is 5.56 Å². The summed E-state index contributed by atoms with van der Waals surface area (Å²) in [6, 6.07) is 3.56. The highest BCUT2D eigenvalue weighted by molar-refractivity contribution is 7.92. The van der Waals surface area contributed by atoms with Crippen molar-refractivity contribution in [3.8, 4) is 0 Å². The molecule has 0 unspecified atom stereocenters. The van der Waals surface area contributed by atoms with E-state index < -0.39 is 10.0 Å². The number of nitrogens with zero attached hydrogens (tertiary/aromatic N) is 3. The molecular formula is C9H11N5O2S. The van der Waals surface area contributed by atoms with Crippen molar-refractivity contribution >= 4 is 16.0 Å². The van der Waals surface area contributed by atoms with Gasteiger partial charge in [-0.1, -0.05) is 0 Å². The Hall–Kier alpha value is -1.96. The lowest BCUT2D eigenvalue weighted by Gasteiger charge is -2.04. The van der Waals surface area contributed by atoms with Crippen LogP contribution in [-0.2, 0) is 16.4 Å². The molecule has 17 heavy (non-hydrogen) atoms. The number of H-pyrrole nitrogens is 1. The Bertz CT molecular complexity index is 552. The largest absolute Gasteiger partial charge is 0.265 e. The minimum atomic E-state index is -3.41. The minimum Gasteiger partial charge on any atom is -0.265 e. The van der Waals surface area contributed by atoms with Gasteiger partial charge in [-0.15, -0.1) is 0 Å². The molecule has 0 bridgehead atoms. The van der Waals surface area contributed by atoms with E-state index in [0.29, 0.717) is 6.42 Å². The summed E-state index contributed by atoms with van der Waals surface area (Å²) in [6.07, 6.45) is 4.92. The third-order valence-electron chi connectivity index (χ3n) is 2.08. The zero-order chi connectivity index (χ0) is 12.1. The van der Waals surface area contributed by atoms with E-state index in [0.717, 1.165) is 5.56 Å². The van der Waals surface area contributed by atoms with Gasteiger partial charge in [0.25, 0.3) is 0 Å². The van der Waals surface area contributed by atoms with Crippen LogP contribution in [0, 0.1) is 0 Å². The van der Waals surface area contributed by atoms with Gasteiger partial charge in [0.2, 0.25) is 16.0 Å². The number of aryl methyl sites for hydroxylation is 1. The molecule has 0 aliphatic rings. The molecule has 2 aromatic heterocycles. The van der Waals surface area contributed by atoms with E-state index in [9.17, 15) is 8.42 Å². The first-order chi connectivity index (χ1) is 8.16. The van der Waals surface area contributed by atoms with Crippen LogP contribution in [0.3, 0.4) is 0 Å². The molecule has 0 radical (unpaired) electrons. The molecule has 2 heterocycles. The molecule has 0 aliphatic heterocycles. The zero-order valence-corrected chi connectivity index (χ0v) is 9.68. The Morgan fingerprint density at radius 1 is 1.29 bits per heavy atom. The number of nitrogens with one attached hydrogen (secondary N) is 2. The van der Waals surface area contributed by atoms with Crippen molar-refractivity contribution in [2.75, 3.05) is 10.5 Å². The van der Waals surface area contributed by atoms with Crippen molar-refractivity contribution in [1.29, 1.82) is 0 Å². The maximum Gasteiger partial charge on any atom is 0.235 e. The summed E-state index contributed by atoms with van der Waals surface area (Å²) in [7, 11) is -3.41. The van der Waals surface area contributed by atoms with Crippen molar-refractivity contribution < 1.29 is 8.42 Å². The molecule has 0 spiro atoms. The number of sulfonamides is 1. The molecule has 2 aromatic rings. The molecule has 0 saturated carbocycles. The summed E-state index contributed by atoms with van der Waals surface area (Å²) >= 11 is 0. The van der Waals surface area contributed by atoms with Crippen LogP contribution in [0.2, 0.25) is 0 Å². The van der Waals surface area contributed by atoms with Gasteiger partial charge < -0.3 is 0 Å². The van der Waals surface area contributed by atoms with Crippen LogP contribution in [0.5, 0.6) is 0 Å². The van der Waals surface area contributed by atoms with Gasteiger partial charge in [-0.25, -0.2) is 13.5 Å². The molecule has 2 rings (SSSR count). The van der Waals surface area contributed by atoms with E-state index >= 15 is 0 Å². The summed E-state index contributed by atoms with van der Waals surface area (Å²) in [6.45, 7) is 0. The van der Waals surface area contributed by atoms with E-state index in [-0.39, 0.29) is 11.7 Å². The first-order valence-electron chi connectivity index (χ1n) is 4.90. The van der Waals surface area contributed by atoms with Crippen molar-refractivity contribution in [2.45, 2.75) is 6.42 Å². The van der Waals surface area contributed by atoms with Gasteiger partial charge in [0.1, 0.15) is 6.33 Å². The second-order valence-corrected chi connectivity index (χ2v) is 5.20. The smallest absolute Gasteiger partial charge is 0.235 e. The molecule has 0 aromatic carbocycles. The van der Waals surface area contributed by atoms with E-state index in [1.54, 1.807) is 24.5 Å². The number of hydrogen-bond donors (Lipinski definition) is 2. The molecule has 0 saturated heterocycles. The van der Waals surface area contributed by atoms with Gasteiger partial charge in [0.15, 0.2) is 0 Å². The van der Waals surface area contributed by atoms with Gasteiger partial charge in [0, 0.05) is 12.4 Å². The summed E-state index contributed by atoms with van der Waals surface area (Å²) < 4.78 is 25.6. The SMILES string of the molecule is O=S(=O)(CCc1ccncc1)Nc1ncn[nH]1. The lowest BCUT2D eigenvalue weighted by atomic mass is 10.2. The maximum absolute atomic E-state index is 11.7. The molecule has 8 heteroatoms. The Morgan fingerprint density at radius 2 is 2.06 bits per heavy atom. The molecule has 7 nitrogen and oxygen atoms in total.